The molecule has 0 aliphatic carbocycles. The average Bonchev–Trinajstić information content (AvgIpc) is 2.65. The molecule has 1 rings (SSSR count). The van der Waals surface area contributed by atoms with E-state index in [0.717, 1.165) is 30.8 Å². The van der Waals surface area contributed by atoms with Crippen LogP contribution in [0.15, 0.2) is 0 Å². The Hall–Kier alpha value is -1.56. The lowest BCUT2D eigenvalue weighted by Crippen LogP contribution is -2.37. The van der Waals surface area contributed by atoms with E-state index in [1.54, 1.807) is 0 Å². The number of hydrogen-bond acceptors (Lipinski definition) is 3. The maximum atomic E-state index is 11.6. The minimum atomic E-state index is -0.124. The Labute approximate surface area is 120 Å². The number of carbonyl (C=O) groups is 1. The van der Waals surface area contributed by atoms with Crippen molar-refractivity contribution in [2.75, 3.05) is 26.3 Å². The zero-order valence-corrected chi connectivity index (χ0v) is 13.0. The Balaban J connectivity index is 2.18. The minimum absolute atomic E-state index is 0.124. The molecule has 6 nitrogen and oxygen atoms in total. The molecule has 0 spiro atoms. The predicted octanol–water partition coefficient (Wildman–Crippen LogP) is 1.31. The van der Waals surface area contributed by atoms with Gasteiger partial charge in [0.15, 0.2) is 0 Å². The molecule has 0 radical (unpaired) electrons. The first kappa shape index (κ1) is 16.5. The van der Waals surface area contributed by atoms with Crippen molar-refractivity contribution < 1.29 is 9.53 Å². The molecule has 1 heterocycles. The second-order valence-electron chi connectivity index (χ2n) is 4.76. The topological polar surface area (TPSA) is 68.2 Å². The van der Waals surface area contributed by atoms with Crippen molar-refractivity contribution in [3.8, 4) is 0 Å². The third kappa shape index (κ3) is 5.21. The molecule has 1 aromatic heterocycles. The number of amides is 2. The first-order valence-electron chi connectivity index (χ1n) is 7.14. The maximum Gasteiger partial charge on any atom is 0.314 e. The van der Waals surface area contributed by atoms with Gasteiger partial charge in [-0.05, 0) is 39.2 Å². The van der Waals surface area contributed by atoms with Crippen molar-refractivity contribution in [1.29, 1.82) is 0 Å². The van der Waals surface area contributed by atoms with Crippen LogP contribution in [0.4, 0.5) is 4.79 Å². The largest absolute Gasteiger partial charge is 0.382 e. The predicted molar refractivity (Wildman–Crippen MR) is 78.9 cm³/mol. The Morgan fingerprint density at radius 3 is 2.60 bits per heavy atom. The minimum Gasteiger partial charge on any atom is -0.382 e. The van der Waals surface area contributed by atoms with Crippen LogP contribution in [-0.2, 0) is 18.2 Å². The number of nitrogens with zero attached hydrogens (tertiary/aromatic N) is 2. The SMILES string of the molecule is CCOCCCNC(=O)NCCc1c(C)nn(C)c1C. The van der Waals surface area contributed by atoms with Gasteiger partial charge >= 0.3 is 6.03 Å². The van der Waals surface area contributed by atoms with Gasteiger partial charge in [0.1, 0.15) is 0 Å². The summed E-state index contributed by atoms with van der Waals surface area (Å²) in [6.45, 7) is 8.66. The van der Waals surface area contributed by atoms with Crippen molar-refractivity contribution in [2.24, 2.45) is 7.05 Å². The maximum absolute atomic E-state index is 11.6. The number of aromatic nitrogens is 2. The van der Waals surface area contributed by atoms with Crippen molar-refractivity contribution >= 4 is 6.03 Å². The normalized spacial score (nSPS) is 10.6. The number of aryl methyl sites for hydroxylation is 2. The highest BCUT2D eigenvalue weighted by Crippen LogP contribution is 2.11. The van der Waals surface area contributed by atoms with E-state index >= 15 is 0 Å². The van der Waals surface area contributed by atoms with Crippen LogP contribution in [0.2, 0.25) is 0 Å². The summed E-state index contributed by atoms with van der Waals surface area (Å²) < 4.78 is 7.08. The number of rotatable bonds is 8. The molecule has 0 fully saturated rings. The second kappa shape index (κ2) is 8.58. The molecular weight excluding hydrogens is 256 g/mol. The summed E-state index contributed by atoms with van der Waals surface area (Å²) >= 11 is 0. The van der Waals surface area contributed by atoms with Gasteiger partial charge < -0.3 is 15.4 Å². The van der Waals surface area contributed by atoms with Gasteiger partial charge in [-0.2, -0.15) is 5.10 Å². The van der Waals surface area contributed by atoms with Crippen molar-refractivity contribution in [1.82, 2.24) is 20.4 Å². The van der Waals surface area contributed by atoms with Gasteiger partial charge in [0.25, 0.3) is 0 Å². The summed E-state index contributed by atoms with van der Waals surface area (Å²) in [6, 6.07) is -0.124. The lowest BCUT2D eigenvalue weighted by molar-refractivity contribution is 0.145. The molecule has 0 aliphatic rings. The third-order valence-corrected chi connectivity index (χ3v) is 3.27. The van der Waals surface area contributed by atoms with Gasteiger partial charge in [0.2, 0.25) is 0 Å². The van der Waals surface area contributed by atoms with Gasteiger partial charge in [-0.25, -0.2) is 4.79 Å². The third-order valence-electron chi connectivity index (χ3n) is 3.27. The van der Waals surface area contributed by atoms with E-state index in [1.807, 2.05) is 32.5 Å². The molecule has 0 aliphatic heterocycles. The highest BCUT2D eigenvalue weighted by molar-refractivity contribution is 5.73. The van der Waals surface area contributed by atoms with Crippen LogP contribution in [-0.4, -0.2) is 42.1 Å². The smallest absolute Gasteiger partial charge is 0.314 e. The van der Waals surface area contributed by atoms with Gasteiger partial charge in [0, 0.05) is 39.0 Å². The van der Waals surface area contributed by atoms with Gasteiger partial charge in [0.05, 0.1) is 5.69 Å². The fourth-order valence-electron chi connectivity index (χ4n) is 2.06. The lowest BCUT2D eigenvalue weighted by Gasteiger charge is -2.08. The monoisotopic (exact) mass is 282 g/mol. The summed E-state index contributed by atoms with van der Waals surface area (Å²) in [4.78, 5) is 11.6. The number of carbonyl (C=O) groups excluding carboxylic acids is 1. The highest BCUT2D eigenvalue weighted by atomic mass is 16.5. The molecule has 114 valence electrons. The van der Waals surface area contributed by atoms with E-state index in [9.17, 15) is 4.79 Å². The Bertz CT molecular complexity index is 429. The zero-order chi connectivity index (χ0) is 15.0. The zero-order valence-electron chi connectivity index (χ0n) is 13.0. The number of urea groups is 1. The molecular formula is C14H26N4O2. The number of ether oxygens (including phenoxy) is 1. The van der Waals surface area contributed by atoms with Gasteiger partial charge in [-0.3, -0.25) is 4.68 Å². The average molecular weight is 282 g/mol. The van der Waals surface area contributed by atoms with Crippen LogP contribution in [0.3, 0.4) is 0 Å². The van der Waals surface area contributed by atoms with Crippen LogP contribution in [0.1, 0.15) is 30.3 Å². The van der Waals surface area contributed by atoms with Crippen LogP contribution < -0.4 is 10.6 Å². The lowest BCUT2D eigenvalue weighted by atomic mass is 10.1. The molecule has 0 bridgehead atoms. The van der Waals surface area contributed by atoms with Crippen molar-refractivity contribution in [3.05, 3.63) is 17.0 Å². The first-order chi connectivity index (χ1) is 9.56. The summed E-state index contributed by atoms with van der Waals surface area (Å²) in [5.41, 5.74) is 3.40. The molecule has 0 unspecified atom stereocenters. The van der Waals surface area contributed by atoms with Crippen LogP contribution >= 0.6 is 0 Å². The fourth-order valence-corrected chi connectivity index (χ4v) is 2.06. The van der Waals surface area contributed by atoms with Crippen LogP contribution in [0.5, 0.6) is 0 Å². The van der Waals surface area contributed by atoms with Gasteiger partial charge in [-0.1, -0.05) is 0 Å². The molecule has 2 N–H and O–H groups in total. The van der Waals surface area contributed by atoms with Crippen molar-refractivity contribution in [2.45, 2.75) is 33.6 Å². The number of nitrogens with one attached hydrogen (secondary N) is 2. The van der Waals surface area contributed by atoms with E-state index in [4.69, 9.17) is 4.74 Å². The molecule has 1 aromatic rings. The van der Waals surface area contributed by atoms with E-state index < -0.39 is 0 Å². The molecule has 6 heteroatoms. The summed E-state index contributed by atoms with van der Waals surface area (Å²) in [7, 11) is 1.93. The highest BCUT2D eigenvalue weighted by Gasteiger charge is 2.09. The van der Waals surface area contributed by atoms with Crippen molar-refractivity contribution in [3.63, 3.8) is 0 Å². The quantitative estimate of drug-likeness (QED) is 0.706. The molecule has 2 amide bonds. The second-order valence-corrected chi connectivity index (χ2v) is 4.76. The Morgan fingerprint density at radius 1 is 1.30 bits per heavy atom. The molecule has 0 aromatic carbocycles. The van der Waals surface area contributed by atoms with E-state index in [1.165, 1.54) is 5.56 Å². The molecule has 0 atom stereocenters. The molecule has 0 saturated carbocycles. The molecule has 20 heavy (non-hydrogen) atoms. The van der Waals surface area contributed by atoms with Crippen LogP contribution in [0, 0.1) is 13.8 Å². The first-order valence-corrected chi connectivity index (χ1v) is 7.14. The summed E-state index contributed by atoms with van der Waals surface area (Å²) in [6.07, 6.45) is 1.64. The summed E-state index contributed by atoms with van der Waals surface area (Å²) in [5.74, 6) is 0. The van der Waals surface area contributed by atoms with E-state index in [0.29, 0.717) is 19.7 Å². The number of hydrogen-bond donors (Lipinski definition) is 2. The van der Waals surface area contributed by atoms with E-state index in [-0.39, 0.29) is 6.03 Å². The Morgan fingerprint density at radius 2 is 2.00 bits per heavy atom. The summed E-state index contributed by atoms with van der Waals surface area (Å²) in [5, 5.41) is 10.0. The van der Waals surface area contributed by atoms with E-state index in [2.05, 4.69) is 15.7 Å². The fraction of sp³-hybridized carbons (Fsp3) is 0.714. The van der Waals surface area contributed by atoms with Gasteiger partial charge in [-0.15, -0.1) is 0 Å². The Kier molecular flexibility index (Phi) is 7.08. The van der Waals surface area contributed by atoms with Crippen LogP contribution in [0.25, 0.3) is 0 Å². The molecule has 0 saturated heterocycles. The standard InChI is InChI=1S/C14H26N4O2/c1-5-20-10-6-8-15-14(19)16-9-7-13-11(2)17-18(4)12(13)3/h5-10H2,1-4H3,(H2,15,16,19).